The van der Waals surface area contributed by atoms with E-state index in [1.54, 1.807) is 0 Å². The van der Waals surface area contributed by atoms with Crippen molar-refractivity contribution in [2.45, 2.75) is 37.5 Å². The molecule has 4 bridgehead atoms. The Morgan fingerprint density at radius 3 is 2.42 bits per heavy atom. The van der Waals surface area contributed by atoms with E-state index in [-0.39, 0.29) is 24.5 Å². The molecule has 5 heteroatoms. The lowest BCUT2D eigenvalue weighted by Crippen LogP contribution is -2.54. The summed E-state index contributed by atoms with van der Waals surface area (Å²) in [4.78, 5) is 11.7. The fourth-order valence-corrected chi connectivity index (χ4v) is 6.00. The van der Waals surface area contributed by atoms with E-state index >= 15 is 0 Å². The van der Waals surface area contributed by atoms with Gasteiger partial charge in [0.1, 0.15) is 12.4 Å². The van der Waals surface area contributed by atoms with Crippen molar-refractivity contribution in [3.8, 4) is 5.75 Å². The van der Waals surface area contributed by atoms with Gasteiger partial charge in [-0.25, -0.2) is 4.39 Å². The van der Waals surface area contributed by atoms with Gasteiger partial charge in [-0.3, -0.25) is 4.79 Å². The molecule has 0 spiro atoms. The lowest BCUT2D eigenvalue weighted by molar-refractivity contribution is -0.157. The fraction of sp³-hybridized carbons (Fsp3) is 0.571. The summed E-state index contributed by atoms with van der Waals surface area (Å²) >= 11 is 0. The van der Waals surface area contributed by atoms with Crippen LogP contribution in [-0.2, 0) is 10.2 Å². The standard InChI is InChI=1S/C21H26FNO3/c22-10-14(11-23)12-26-18-3-1-17(2-4-18)21-7-13-5-15(8-21)19(20(24)25)16(6-13)9-21/h1-4,10,13,15-16,19H,5-9,11-12,23H2,(H,24,25)/b14-10+/t13?,15?,16?,19-,21+. The molecule has 2 unspecified atom stereocenters. The van der Waals surface area contributed by atoms with Crippen molar-refractivity contribution in [2.24, 2.45) is 29.4 Å². The van der Waals surface area contributed by atoms with Crippen LogP contribution in [0.3, 0.4) is 0 Å². The van der Waals surface area contributed by atoms with Crippen molar-refractivity contribution in [2.75, 3.05) is 13.2 Å². The van der Waals surface area contributed by atoms with Crippen LogP contribution in [0.4, 0.5) is 4.39 Å². The van der Waals surface area contributed by atoms with E-state index in [4.69, 9.17) is 10.5 Å². The zero-order chi connectivity index (χ0) is 18.3. The second-order valence-corrected chi connectivity index (χ2v) is 8.40. The fourth-order valence-electron chi connectivity index (χ4n) is 6.00. The highest BCUT2D eigenvalue weighted by Gasteiger charge is 2.57. The minimum Gasteiger partial charge on any atom is -0.489 e. The van der Waals surface area contributed by atoms with Gasteiger partial charge in [-0.2, -0.15) is 0 Å². The molecule has 0 aliphatic heterocycles. The Morgan fingerprint density at radius 2 is 1.88 bits per heavy atom. The van der Waals surface area contributed by atoms with Crippen molar-refractivity contribution in [1.29, 1.82) is 0 Å². The third-order valence-corrected chi connectivity index (χ3v) is 6.87. The van der Waals surface area contributed by atoms with Crippen LogP contribution in [-0.4, -0.2) is 24.2 Å². The van der Waals surface area contributed by atoms with Crippen LogP contribution < -0.4 is 10.5 Å². The number of ether oxygens (including phenoxy) is 1. The summed E-state index contributed by atoms with van der Waals surface area (Å²) in [7, 11) is 0. The summed E-state index contributed by atoms with van der Waals surface area (Å²) in [5, 5.41) is 9.62. The first-order valence-electron chi connectivity index (χ1n) is 9.49. The highest BCUT2D eigenvalue weighted by atomic mass is 19.1. The molecule has 4 fully saturated rings. The molecule has 0 amide bonds. The molecule has 0 aromatic heterocycles. The number of hydrogen-bond donors (Lipinski definition) is 2. The van der Waals surface area contributed by atoms with Crippen LogP contribution in [0.15, 0.2) is 36.2 Å². The molecule has 140 valence electrons. The van der Waals surface area contributed by atoms with E-state index in [2.05, 4.69) is 12.1 Å². The molecule has 0 saturated heterocycles. The van der Waals surface area contributed by atoms with E-state index in [0.717, 1.165) is 25.7 Å². The average Bonchev–Trinajstić information content (AvgIpc) is 2.62. The van der Waals surface area contributed by atoms with Gasteiger partial charge in [0, 0.05) is 12.1 Å². The van der Waals surface area contributed by atoms with Crippen LogP contribution >= 0.6 is 0 Å². The molecule has 2 atom stereocenters. The van der Waals surface area contributed by atoms with E-state index in [1.807, 2.05) is 12.1 Å². The third kappa shape index (κ3) is 2.92. The Morgan fingerprint density at radius 1 is 1.23 bits per heavy atom. The summed E-state index contributed by atoms with van der Waals surface area (Å²) in [6.07, 6.45) is 5.80. The SMILES string of the molecule is NC/C(=C\F)COc1ccc([C@]23CC4CC(C2)[C@H](C(=O)O)C(C4)C3)cc1. The number of nitrogens with two attached hydrogens (primary N) is 1. The molecule has 0 heterocycles. The predicted molar refractivity (Wildman–Crippen MR) is 96.5 cm³/mol. The first-order chi connectivity index (χ1) is 12.5. The second-order valence-electron chi connectivity index (χ2n) is 8.40. The summed E-state index contributed by atoms with van der Waals surface area (Å²) in [5.74, 6) is 1.25. The molecule has 1 aromatic carbocycles. The number of carboxylic acids is 1. The zero-order valence-electron chi connectivity index (χ0n) is 14.9. The average molecular weight is 359 g/mol. The molecule has 0 radical (unpaired) electrons. The third-order valence-electron chi connectivity index (χ3n) is 6.87. The summed E-state index contributed by atoms with van der Waals surface area (Å²) in [6.45, 7) is 0.302. The van der Waals surface area contributed by atoms with Gasteiger partial charge < -0.3 is 15.6 Å². The number of carboxylic acid groups (broad SMARTS) is 1. The predicted octanol–water partition coefficient (Wildman–Crippen LogP) is 3.66. The number of aliphatic carboxylic acids is 1. The molecule has 4 aliphatic carbocycles. The van der Waals surface area contributed by atoms with E-state index < -0.39 is 5.97 Å². The van der Waals surface area contributed by atoms with Gasteiger partial charge in [0.25, 0.3) is 0 Å². The van der Waals surface area contributed by atoms with Gasteiger partial charge in [-0.15, -0.1) is 0 Å². The number of halogens is 1. The second kappa shape index (κ2) is 6.69. The number of hydrogen-bond acceptors (Lipinski definition) is 3. The Kier molecular flexibility index (Phi) is 4.51. The normalized spacial score (nSPS) is 35.5. The van der Waals surface area contributed by atoms with Crippen molar-refractivity contribution < 1.29 is 19.0 Å². The Hall–Kier alpha value is -1.88. The minimum absolute atomic E-state index is 0.127. The van der Waals surface area contributed by atoms with Crippen LogP contribution in [0.5, 0.6) is 5.75 Å². The monoisotopic (exact) mass is 359 g/mol. The highest BCUT2D eigenvalue weighted by Crippen LogP contribution is 2.62. The molecule has 1 aromatic rings. The van der Waals surface area contributed by atoms with Crippen molar-refractivity contribution in [1.82, 2.24) is 0 Å². The Bertz CT molecular complexity index is 698. The van der Waals surface area contributed by atoms with Crippen molar-refractivity contribution >= 4 is 5.97 Å². The van der Waals surface area contributed by atoms with Gasteiger partial charge in [0.05, 0.1) is 12.2 Å². The number of benzene rings is 1. The molecular formula is C21H26FNO3. The number of rotatable bonds is 6. The number of carbonyl (C=O) groups is 1. The maximum Gasteiger partial charge on any atom is 0.307 e. The molecule has 5 rings (SSSR count). The van der Waals surface area contributed by atoms with Gasteiger partial charge in [-0.05, 0) is 73.0 Å². The van der Waals surface area contributed by atoms with E-state index in [0.29, 0.717) is 35.4 Å². The van der Waals surface area contributed by atoms with E-state index in [9.17, 15) is 14.3 Å². The molecular weight excluding hydrogens is 333 g/mol. The van der Waals surface area contributed by atoms with Gasteiger partial charge >= 0.3 is 5.97 Å². The van der Waals surface area contributed by atoms with Crippen molar-refractivity contribution in [3.05, 3.63) is 41.7 Å². The highest BCUT2D eigenvalue weighted by molar-refractivity contribution is 5.71. The lowest BCUT2D eigenvalue weighted by Gasteiger charge is -2.59. The summed E-state index contributed by atoms with van der Waals surface area (Å²) in [5.41, 5.74) is 7.30. The molecule has 4 saturated carbocycles. The quantitative estimate of drug-likeness (QED) is 0.813. The molecule has 3 N–H and O–H groups in total. The minimum atomic E-state index is -0.602. The first kappa shape index (κ1) is 17.5. The Labute approximate surface area is 153 Å². The zero-order valence-corrected chi connectivity index (χ0v) is 14.9. The summed E-state index contributed by atoms with van der Waals surface area (Å²) < 4.78 is 18.2. The van der Waals surface area contributed by atoms with Crippen molar-refractivity contribution in [3.63, 3.8) is 0 Å². The maximum atomic E-state index is 12.6. The van der Waals surface area contributed by atoms with Crippen LogP contribution in [0.2, 0.25) is 0 Å². The molecule has 26 heavy (non-hydrogen) atoms. The Balaban J connectivity index is 1.51. The van der Waals surface area contributed by atoms with Crippen LogP contribution in [0, 0.1) is 23.7 Å². The smallest absolute Gasteiger partial charge is 0.307 e. The molecule has 4 nitrogen and oxygen atoms in total. The largest absolute Gasteiger partial charge is 0.489 e. The lowest BCUT2D eigenvalue weighted by atomic mass is 9.45. The van der Waals surface area contributed by atoms with Gasteiger partial charge in [0.2, 0.25) is 0 Å². The van der Waals surface area contributed by atoms with E-state index in [1.165, 1.54) is 12.0 Å². The first-order valence-corrected chi connectivity index (χ1v) is 9.49. The summed E-state index contributed by atoms with van der Waals surface area (Å²) in [6, 6.07) is 8.10. The van der Waals surface area contributed by atoms with Gasteiger partial charge in [0.15, 0.2) is 0 Å². The topological polar surface area (TPSA) is 72.5 Å². The van der Waals surface area contributed by atoms with Crippen LogP contribution in [0.25, 0.3) is 0 Å². The van der Waals surface area contributed by atoms with Crippen LogP contribution in [0.1, 0.15) is 37.7 Å². The van der Waals surface area contributed by atoms with Gasteiger partial charge in [-0.1, -0.05) is 12.1 Å². The molecule has 4 aliphatic rings. The maximum absolute atomic E-state index is 12.6.